The molecule has 0 fully saturated rings. The number of hydrogen-bond acceptors (Lipinski definition) is 1. The molecule has 0 aromatic heterocycles. The third-order valence-electron chi connectivity index (χ3n) is 1.46. The van der Waals surface area contributed by atoms with Gasteiger partial charge in [-0.1, -0.05) is 12.1 Å². The topological polar surface area (TPSA) is 40.1 Å². The molecule has 1 atom stereocenters. The molecule has 1 rings (SSSR count). The van der Waals surface area contributed by atoms with Crippen LogP contribution in [0.3, 0.4) is 0 Å². The maximum Gasteiger partial charge on any atom is 0.115 e. The summed E-state index contributed by atoms with van der Waals surface area (Å²) in [5.74, 6) is 0.243. The van der Waals surface area contributed by atoms with Gasteiger partial charge in [0.25, 0.3) is 0 Å². The van der Waals surface area contributed by atoms with Crippen LogP contribution in [0.5, 0.6) is 5.75 Å². The van der Waals surface area contributed by atoms with E-state index in [4.69, 9.17) is 5.11 Å². The highest BCUT2D eigenvalue weighted by atomic mass is 16.3. The molecule has 0 saturated carbocycles. The van der Waals surface area contributed by atoms with Gasteiger partial charge in [-0.25, -0.2) is 5.11 Å². The summed E-state index contributed by atoms with van der Waals surface area (Å²) in [6.07, 6.45) is -0.0418. The zero-order valence-corrected chi connectivity index (χ0v) is 6.45. The van der Waals surface area contributed by atoms with Crippen molar-refractivity contribution in [3.8, 4) is 5.75 Å². The van der Waals surface area contributed by atoms with Crippen LogP contribution in [0.2, 0.25) is 0 Å². The fourth-order valence-electron chi connectivity index (χ4n) is 0.964. The number of hydrogen-bond donors (Lipinski definition) is 1. The lowest BCUT2D eigenvalue weighted by atomic mass is 10.1. The minimum atomic E-state index is -0.570. The van der Waals surface area contributed by atoms with E-state index in [-0.39, 0.29) is 5.75 Å². The van der Waals surface area contributed by atoms with Gasteiger partial charge in [0, 0.05) is 6.42 Å². The van der Waals surface area contributed by atoms with Crippen LogP contribution in [0, 0.1) is 0 Å². The van der Waals surface area contributed by atoms with Crippen molar-refractivity contribution >= 4 is 0 Å². The maximum absolute atomic E-state index is 10.7. The fourth-order valence-corrected chi connectivity index (χ4v) is 0.964. The molecule has 0 unspecified atom stereocenters. The molecule has 0 saturated heterocycles. The molecule has 0 spiro atoms. The van der Waals surface area contributed by atoms with Crippen LogP contribution in [0.4, 0.5) is 0 Å². The van der Waals surface area contributed by atoms with Gasteiger partial charge in [-0.15, -0.1) is 0 Å². The van der Waals surface area contributed by atoms with Crippen molar-refractivity contribution in [3.05, 3.63) is 29.8 Å². The monoisotopic (exact) mass is 151 g/mol. The average Bonchev–Trinajstić information content (AvgIpc) is 1.93. The van der Waals surface area contributed by atoms with Crippen LogP contribution in [0.25, 0.3) is 0 Å². The summed E-state index contributed by atoms with van der Waals surface area (Å²) >= 11 is 0. The van der Waals surface area contributed by atoms with E-state index in [0.29, 0.717) is 6.42 Å². The molecular formula is C9H11O2. The Hall–Kier alpha value is -1.02. The third-order valence-corrected chi connectivity index (χ3v) is 1.46. The summed E-state index contributed by atoms with van der Waals surface area (Å²) in [5.41, 5.74) is 0.977. The number of rotatable bonds is 2. The van der Waals surface area contributed by atoms with Gasteiger partial charge in [0.2, 0.25) is 0 Å². The highest BCUT2D eigenvalue weighted by Crippen LogP contribution is 2.10. The summed E-state index contributed by atoms with van der Waals surface area (Å²) in [4.78, 5) is 0. The van der Waals surface area contributed by atoms with E-state index in [0.717, 1.165) is 5.56 Å². The quantitative estimate of drug-likeness (QED) is 0.687. The van der Waals surface area contributed by atoms with Gasteiger partial charge in [0.15, 0.2) is 0 Å². The van der Waals surface area contributed by atoms with Crippen molar-refractivity contribution in [1.29, 1.82) is 0 Å². The molecule has 1 radical (unpaired) electrons. The highest BCUT2D eigenvalue weighted by Gasteiger charge is 1.99. The molecule has 1 N–H and O–H groups in total. The fraction of sp³-hybridized carbons (Fsp3) is 0.333. The SMILES string of the molecule is C[C@H]([O])Cc1ccc(O)cc1. The lowest BCUT2D eigenvalue weighted by Crippen LogP contribution is -2.01. The molecule has 2 nitrogen and oxygen atoms in total. The van der Waals surface area contributed by atoms with Crippen molar-refractivity contribution in [2.24, 2.45) is 0 Å². The van der Waals surface area contributed by atoms with Crippen molar-refractivity contribution in [2.75, 3.05) is 0 Å². The van der Waals surface area contributed by atoms with E-state index < -0.39 is 6.10 Å². The molecule has 0 aliphatic heterocycles. The smallest absolute Gasteiger partial charge is 0.115 e. The molecule has 1 aromatic rings. The summed E-state index contributed by atoms with van der Waals surface area (Å²) in [7, 11) is 0. The Labute approximate surface area is 66.1 Å². The minimum Gasteiger partial charge on any atom is -0.508 e. The molecule has 0 amide bonds. The predicted octanol–water partition coefficient (Wildman–Crippen LogP) is 1.75. The normalized spacial score (nSPS) is 12.9. The lowest BCUT2D eigenvalue weighted by Gasteiger charge is -2.01. The van der Waals surface area contributed by atoms with E-state index in [1.165, 1.54) is 0 Å². The van der Waals surface area contributed by atoms with Gasteiger partial charge >= 0.3 is 0 Å². The van der Waals surface area contributed by atoms with Gasteiger partial charge in [0.05, 0.1) is 6.10 Å². The number of aromatic hydroxyl groups is 1. The molecule has 0 heterocycles. The van der Waals surface area contributed by atoms with Crippen molar-refractivity contribution in [1.82, 2.24) is 0 Å². The number of benzene rings is 1. The van der Waals surface area contributed by atoms with Gasteiger partial charge in [0.1, 0.15) is 5.75 Å². The first kappa shape index (κ1) is 8.08. The highest BCUT2D eigenvalue weighted by molar-refractivity contribution is 5.26. The first-order chi connectivity index (χ1) is 5.18. The summed E-state index contributed by atoms with van der Waals surface area (Å²) < 4.78 is 0. The maximum atomic E-state index is 10.7. The van der Waals surface area contributed by atoms with E-state index in [1.807, 2.05) is 0 Å². The van der Waals surface area contributed by atoms with Gasteiger partial charge in [-0.05, 0) is 24.6 Å². The molecule has 0 aliphatic rings. The second kappa shape index (κ2) is 3.39. The van der Waals surface area contributed by atoms with E-state index in [9.17, 15) is 5.11 Å². The first-order valence-corrected chi connectivity index (χ1v) is 3.62. The van der Waals surface area contributed by atoms with Crippen LogP contribution >= 0.6 is 0 Å². The minimum absolute atomic E-state index is 0.243. The molecule has 0 aliphatic carbocycles. The Morgan fingerprint density at radius 1 is 1.36 bits per heavy atom. The standard InChI is InChI=1S/C9H11O2/c1-7(10)6-8-2-4-9(11)5-3-8/h2-5,7,11H,6H2,1H3/t7-/m0/s1. The molecule has 1 aromatic carbocycles. The third kappa shape index (κ3) is 2.60. The summed E-state index contributed by atoms with van der Waals surface area (Å²) in [5, 5.41) is 19.6. The van der Waals surface area contributed by atoms with Crippen LogP contribution in [0.1, 0.15) is 12.5 Å². The zero-order valence-electron chi connectivity index (χ0n) is 6.45. The lowest BCUT2D eigenvalue weighted by molar-refractivity contribution is 0.106. The van der Waals surface area contributed by atoms with Crippen LogP contribution in [-0.4, -0.2) is 11.2 Å². The Kier molecular flexibility index (Phi) is 2.49. The molecule has 59 valence electrons. The second-order valence-corrected chi connectivity index (χ2v) is 2.68. The largest absolute Gasteiger partial charge is 0.508 e. The van der Waals surface area contributed by atoms with Crippen LogP contribution in [-0.2, 0) is 11.5 Å². The van der Waals surface area contributed by atoms with Crippen molar-refractivity contribution in [2.45, 2.75) is 19.4 Å². The van der Waals surface area contributed by atoms with Gasteiger partial charge < -0.3 is 5.11 Å². The molecular weight excluding hydrogens is 140 g/mol. The molecule has 0 bridgehead atoms. The summed E-state index contributed by atoms with van der Waals surface area (Å²) in [6, 6.07) is 6.73. The molecule has 2 heteroatoms. The van der Waals surface area contributed by atoms with Crippen LogP contribution in [0.15, 0.2) is 24.3 Å². The second-order valence-electron chi connectivity index (χ2n) is 2.68. The Balaban J connectivity index is 2.66. The predicted molar refractivity (Wildman–Crippen MR) is 42.0 cm³/mol. The van der Waals surface area contributed by atoms with Crippen LogP contribution < -0.4 is 0 Å². The number of phenolic OH excluding ortho intramolecular Hbond substituents is 1. The first-order valence-electron chi connectivity index (χ1n) is 3.62. The average molecular weight is 151 g/mol. The Bertz CT molecular complexity index is 214. The van der Waals surface area contributed by atoms with E-state index in [1.54, 1.807) is 31.2 Å². The van der Waals surface area contributed by atoms with E-state index in [2.05, 4.69) is 0 Å². The Morgan fingerprint density at radius 2 is 1.91 bits per heavy atom. The Morgan fingerprint density at radius 3 is 2.36 bits per heavy atom. The molecule has 11 heavy (non-hydrogen) atoms. The van der Waals surface area contributed by atoms with E-state index >= 15 is 0 Å². The summed E-state index contributed by atoms with van der Waals surface area (Å²) in [6.45, 7) is 1.63. The van der Waals surface area contributed by atoms with Crippen molar-refractivity contribution < 1.29 is 10.2 Å². The van der Waals surface area contributed by atoms with Crippen molar-refractivity contribution in [3.63, 3.8) is 0 Å². The number of phenols is 1. The zero-order chi connectivity index (χ0) is 8.27. The van der Waals surface area contributed by atoms with Gasteiger partial charge in [-0.3, -0.25) is 0 Å². The van der Waals surface area contributed by atoms with Gasteiger partial charge in [-0.2, -0.15) is 0 Å².